The van der Waals surface area contributed by atoms with Crippen LogP contribution in [0.2, 0.25) is 0 Å². The molecule has 2 rings (SSSR count). The van der Waals surface area contributed by atoms with E-state index in [0.717, 1.165) is 31.5 Å². The molecule has 1 heterocycles. The van der Waals surface area contributed by atoms with Crippen molar-refractivity contribution in [2.24, 2.45) is 5.73 Å². The summed E-state index contributed by atoms with van der Waals surface area (Å²) in [6.07, 6.45) is 1.85. The number of carbonyl (C=O) groups excluding carboxylic acids is 1. The van der Waals surface area contributed by atoms with Crippen molar-refractivity contribution in [3.63, 3.8) is 0 Å². The number of carbonyl (C=O) groups is 1. The third-order valence-electron chi connectivity index (χ3n) is 3.61. The molecule has 0 bridgehead atoms. The van der Waals surface area contributed by atoms with Gasteiger partial charge in [0.15, 0.2) is 0 Å². The number of hydrogen-bond acceptors (Lipinski definition) is 4. The number of rotatable bonds is 5. The van der Waals surface area contributed by atoms with Crippen LogP contribution in [0.4, 0.5) is 4.79 Å². The van der Waals surface area contributed by atoms with Gasteiger partial charge in [0.2, 0.25) is 0 Å². The molecule has 1 aromatic carbocycles. The van der Waals surface area contributed by atoms with Gasteiger partial charge in [0.05, 0.1) is 0 Å². The van der Waals surface area contributed by atoms with Gasteiger partial charge < -0.3 is 20.7 Å². The van der Waals surface area contributed by atoms with E-state index in [9.17, 15) is 4.79 Å². The van der Waals surface area contributed by atoms with Crippen molar-refractivity contribution in [1.29, 1.82) is 0 Å². The molecule has 5 heteroatoms. The number of nitrogens with two attached hydrogens (primary N) is 1. The Hall–Kier alpha value is -1.59. The Bertz CT molecular complexity index is 436. The lowest BCUT2D eigenvalue weighted by Gasteiger charge is -2.33. The van der Waals surface area contributed by atoms with Crippen molar-refractivity contribution in [3.8, 4) is 0 Å². The highest BCUT2D eigenvalue weighted by atomic mass is 16.6. The van der Waals surface area contributed by atoms with E-state index in [0.29, 0.717) is 19.2 Å². The van der Waals surface area contributed by atoms with Crippen LogP contribution >= 0.6 is 0 Å². The summed E-state index contributed by atoms with van der Waals surface area (Å²) >= 11 is 0. The zero-order chi connectivity index (χ0) is 15.1. The lowest BCUT2D eigenvalue weighted by Crippen LogP contribution is -2.50. The fourth-order valence-electron chi connectivity index (χ4n) is 2.47. The predicted molar refractivity (Wildman–Crippen MR) is 82.9 cm³/mol. The van der Waals surface area contributed by atoms with Crippen LogP contribution in [0.25, 0.3) is 0 Å². The highest BCUT2D eigenvalue weighted by Crippen LogP contribution is 2.12. The second-order valence-corrected chi connectivity index (χ2v) is 5.71. The molecule has 1 aromatic rings. The van der Waals surface area contributed by atoms with Gasteiger partial charge in [-0.15, -0.1) is 0 Å². The van der Waals surface area contributed by atoms with Gasteiger partial charge in [0.1, 0.15) is 6.61 Å². The van der Waals surface area contributed by atoms with E-state index < -0.39 is 0 Å². The van der Waals surface area contributed by atoms with Crippen LogP contribution in [0, 0.1) is 0 Å². The average Bonchev–Trinajstić information content (AvgIpc) is 2.52. The molecule has 0 aliphatic carbocycles. The lowest BCUT2D eigenvalue weighted by molar-refractivity contribution is 0.0832. The molecular formula is C16H25N3O2. The van der Waals surface area contributed by atoms with Crippen molar-refractivity contribution >= 4 is 6.09 Å². The average molecular weight is 291 g/mol. The standard InChI is InChI=1S/C16H25N3O2/c1-13(17)10-18-15-8-5-9-19(11-15)16(20)21-12-14-6-3-2-4-7-14/h2-4,6-7,13,15,18H,5,8-12,17H2,1H3/t13-,15+/m1/s1. The number of hydrogen-bond donors (Lipinski definition) is 2. The number of amides is 1. The van der Waals surface area contributed by atoms with Crippen LogP contribution in [0.5, 0.6) is 0 Å². The molecule has 1 fully saturated rings. The van der Waals surface area contributed by atoms with Gasteiger partial charge in [-0.2, -0.15) is 0 Å². The van der Waals surface area contributed by atoms with E-state index in [2.05, 4.69) is 5.32 Å². The first kappa shape index (κ1) is 15.8. The third kappa shape index (κ3) is 5.36. The van der Waals surface area contributed by atoms with Crippen molar-refractivity contribution in [2.45, 2.75) is 38.5 Å². The molecule has 3 N–H and O–H groups in total. The molecule has 0 spiro atoms. The molecule has 1 aliphatic rings. The molecule has 1 aliphatic heterocycles. The lowest BCUT2D eigenvalue weighted by atomic mass is 10.1. The molecular weight excluding hydrogens is 266 g/mol. The molecule has 1 saturated heterocycles. The first-order chi connectivity index (χ1) is 10.1. The zero-order valence-electron chi connectivity index (χ0n) is 12.6. The first-order valence-electron chi connectivity index (χ1n) is 7.59. The Morgan fingerprint density at radius 1 is 1.48 bits per heavy atom. The largest absolute Gasteiger partial charge is 0.445 e. The van der Waals surface area contributed by atoms with Gasteiger partial charge in [-0.05, 0) is 25.3 Å². The SMILES string of the molecule is C[C@@H](N)CN[C@H]1CCCN(C(=O)OCc2ccccc2)C1. The summed E-state index contributed by atoms with van der Waals surface area (Å²) in [7, 11) is 0. The van der Waals surface area contributed by atoms with Crippen LogP contribution in [0.1, 0.15) is 25.3 Å². The Kier molecular flexibility index (Phi) is 6.02. The highest BCUT2D eigenvalue weighted by molar-refractivity contribution is 5.67. The van der Waals surface area contributed by atoms with Crippen LogP contribution in [0.3, 0.4) is 0 Å². The van der Waals surface area contributed by atoms with E-state index in [1.807, 2.05) is 37.3 Å². The maximum Gasteiger partial charge on any atom is 0.410 e. The third-order valence-corrected chi connectivity index (χ3v) is 3.61. The number of ether oxygens (including phenoxy) is 1. The minimum absolute atomic E-state index is 0.130. The van der Waals surface area contributed by atoms with Gasteiger partial charge >= 0.3 is 6.09 Å². The Morgan fingerprint density at radius 3 is 2.95 bits per heavy atom. The molecule has 0 aromatic heterocycles. The maximum absolute atomic E-state index is 12.1. The summed E-state index contributed by atoms with van der Waals surface area (Å²) in [6, 6.07) is 10.2. The summed E-state index contributed by atoms with van der Waals surface area (Å²) in [5, 5.41) is 3.41. The van der Waals surface area contributed by atoms with Gasteiger partial charge in [-0.25, -0.2) is 4.79 Å². The van der Waals surface area contributed by atoms with E-state index in [1.54, 1.807) is 4.90 Å². The number of nitrogens with one attached hydrogen (secondary N) is 1. The van der Waals surface area contributed by atoms with Gasteiger partial charge in [0, 0.05) is 31.7 Å². The Morgan fingerprint density at radius 2 is 2.24 bits per heavy atom. The predicted octanol–water partition coefficient (Wildman–Crippen LogP) is 1.72. The molecule has 116 valence electrons. The zero-order valence-corrected chi connectivity index (χ0v) is 12.6. The number of benzene rings is 1. The first-order valence-corrected chi connectivity index (χ1v) is 7.59. The summed E-state index contributed by atoms with van der Waals surface area (Å²) in [4.78, 5) is 13.9. The molecule has 21 heavy (non-hydrogen) atoms. The van der Waals surface area contributed by atoms with Crippen LogP contribution < -0.4 is 11.1 Å². The van der Waals surface area contributed by atoms with Crippen molar-refractivity contribution in [2.75, 3.05) is 19.6 Å². The Balaban J connectivity index is 1.76. The van der Waals surface area contributed by atoms with Crippen molar-refractivity contribution in [1.82, 2.24) is 10.2 Å². The number of nitrogens with zero attached hydrogens (tertiary/aromatic N) is 1. The molecule has 0 unspecified atom stereocenters. The second-order valence-electron chi connectivity index (χ2n) is 5.71. The number of piperidine rings is 1. The molecule has 0 radical (unpaired) electrons. The molecule has 0 saturated carbocycles. The summed E-state index contributed by atoms with van der Waals surface area (Å²) in [5.74, 6) is 0. The molecule has 5 nitrogen and oxygen atoms in total. The van der Waals surface area contributed by atoms with Gasteiger partial charge in [-0.1, -0.05) is 30.3 Å². The minimum atomic E-state index is -0.230. The van der Waals surface area contributed by atoms with Crippen LogP contribution in [0.15, 0.2) is 30.3 Å². The monoisotopic (exact) mass is 291 g/mol. The summed E-state index contributed by atoms with van der Waals surface area (Å²) in [6.45, 7) is 4.54. The van der Waals surface area contributed by atoms with Gasteiger partial charge in [0.25, 0.3) is 0 Å². The fraction of sp³-hybridized carbons (Fsp3) is 0.562. The van der Waals surface area contributed by atoms with Crippen LogP contribution in [-0.2, 0) is 11.3 Å². The molecule has 1 amide bonds. The number of likely N-dealkylation sites (tertiary alicyclic amines) is 1. The minimum Gasteiger partial charge on any atom is -0.445 e. The van der Waals surface area contributed by atoms with E-state index in [-0.39, 0.29) is 12.1 Å². The van der Waals surface area contributed by atoms with E-state index in [1.165, 1.54) is 0 Å². The highest BCUT2D eigenvalue weighted by Gasteiger charge is 2.24. The van der Waals surface area contributed by atoms with Crippen LogP contribution in [-0.4, -0.2) is 42.7 Å². The van der Waals surface area contributed by atoms with Crippen molar-refractivity contribution in [3.05, 3.63) is 35.9 Å². The van der Waals surface area contributed by atoms with Crippen molar-refractivity contribution < 1.29 is 9.53 Å². The quantitative estimate of drug-likeness (QED) is 0.867. The van der Waals surface area contributed by atoms with Gasteiger partial charge in [-0.3, -0.25) is 0 Å². The smallest absolute Gasteiger partial charge is 0.410 e. The van der Waals surface area contributed by atoms with E-state index >= 15 is 0 Å². The summed E-state index contributed by atoms with van der Waals surface area (Å²) < 4.78 is 5.38. The maximum atomic E-state index is 12.1. The Labute approximate surface area is 126 Å². The van der Waals surface area contributed by atoms with E-state index in [4.69, 9.17) is 10.5 Å². The fourth-order valence-corrected chi connectivity index (χ4v) is 2.47. The second kappa shape index (κ2) is 8.00. The topological polar surface area (TPSA) is 67.6 Å². The summed E-state index contributed by atoms with van der Waals surface area (Å²) in [5.41, 5.74) is 6.76. The molecule has 2 atom stereocenters. The normalized spacial score (nSPS) is 20.1.